The first-order valence-corrected chi connectivity index (χ1v) is 9.80. The number of carbonyl (C=O) groups excluding carboxylic acids is 3. The summed E-state index contributed by atoms with van der Waals surface area (Å²) in [7, 11) is 4.37. The Morgan fingerprint density at radius 2 is 1.78 bits per heavy atom. The lowest BCUT2D eigenvalue weighted by Crippen LogP contribution is -2.19. The Bertz CT molecular complexity index is 1150. The molecule has 0 saturated heterocycles. The molecule has 3 aromatic rings. The summed E-state index contributed by atoms with van der Waals surface area (Å²) in [5, 5.41) is 9.32. The molecule has 0 bridgehead atoms. The lowest BCUT2D eigenvalue weighted by atomic mass is 10.2. The number of rotatable bonds is 8. The van der Waals surface area contributed by atoms with E-state index in [1.807, 2.05) is 30.3 Å². The van der Waals surface area contributed by atoms with E-state index in [0.29, 0.717) is 29.0 Å². The molecule has 1 aromatic carbocycles. The number of aromatic nitrogens is 2. The minimum atomic E-state index is -0.591. The van der Waals surface area contributed by atoms with Crippen LogP contribution < -0.4 is 16.0 Å². The molecule has 0 spiro atoms. The van der Waals surface area contributed by atoms with E-state index in [-0.39, 0.29) is 18.2 Å². The summed E-state index contributed by atoms with van der Waals surface area (Å²) >= 11 is 0. The first-order valence-electron chi connectivity index (χ1n) is 9.80. The fourth-order valence-corrected chi connectivity index (χ4v) is 3.29. The van der Waals surface area contributed by atoms with Gasteiger partial charge < -0.3 is 30.0 Å². The maximum atomic E-state index is 12.4. The summed E-state index contributed by atoms with van der Waals surface area (Å²) in [5.74, 6) is -1.12. The highest BCUT2D eigenvalue weighted by Crippen LogP contribution is 2.31. The predicted molar refractivity (Wildman–Crippen MR) is 121 cm³/mol. The summed E-state index contributed by atoms with van der Waals surface area (Å²) in [6.45, 7) is 1.81. The van der Waals surface area contributed by atoms with Crippen LogP contribution in [-0.2, 0) is 32.7 Å². The molecular weight excluding hydrogens is 414 g/mol. The molecule has 0 aliphatic carbocycles. The first-order chi connectivity index (χ1) is 15.3. The molecule has 0 radical (unpaired) electrons. The summed E-state index contributed by atoms with van der Waals surface area (Å²) in [4.78, 5) is 40.1. The van der Waals surface area contributed by atoms with Crippen LogP contribution in [0.5, 0.6) is 0 Å². The van der Waals surface area contributed by atoms with Crippen molar-refractivity contribution in [1.29, 1.82) is 0 Å². The van der Waals surface area contributed by atoms with Crippen molar-refractivity contribution >= 4 is 45.9 Å². The number of nitrogens with one attached hydrogen (secondary N) is 3. The molecule has 2 aromatic heterocycles. The SMILES string of the molecule is COCC(=O)Nc1c(C(=O)OC)n(C)c2ncc(NCc3ccc(NC(C)=O)cc3)cc12. The molecular formula is C22H25N5O5. The van der Waals surface area contributed by atoms with Gasteiger partial charge in [-0.3, -0.25) is 9.59 Å². The van der Waals surface area contributed by atoms with Crippen molar-refractivity contribution in [1.82, 2.24) is 9.55 Å². The third-order valence-corrected chi connectivity index (χ3v) is 4.72. The van der Waals surface area contributed by atoms with Gasteiger partial charge in [0.25, 0.3) is 0 Å². The van der Waals surface area contributed by atoms with E-state index in [1.165, 1.54) is 21.1 Å². The second kappa shape index (κ2) is 9.92. The number of amides is 2. The third-order valence-electron chi connectivity index (χ3n) is 4.72. The van der Waals surface area contributed by atoms with Crippen LogP contribution >= 0.6 is 0 Å². The zero-order valence-corrected chi connectivity index (χ0v) is 18.3. The van der Waals surface area contributed by atoms with E-state index in [4.69, 9.17) is 9.47 Å². The third kappa shape index (κ3) is 5.03. The number of aryl methyl sites for hydroxylation is 1. The summed E-state index contributed by atoms with van der Waals surface area (Å²) in [6.07, 6.45) is 1.65. The van der Waals surface area contributed by atoms with Gasteiger partial charge in [0.05, 0.1) is 24.7 Å². The lowest BCUT2D eigenvalue weighted by molar-refractivity contribution is -0.119. The Balaban J connectivity index is 1.88. The van der Waals surface area contributed by atoms with E-state index >= 15 is 0 Å². The van der Waals surface area contributed by atoms with E-state index in [0.717, 1.165) is 11.3 Å². The highest BCUT2D eigenvalue weighted by molar-refractivity contribution is 6.11. The molecule has 2 amide bonds. The van der Waals surface area contributed by atoms with E-state index < -0.39 is 11.9 Å². The minimum absolute atomic E-state index is 0.127. The van der Waals surface area contributed by atoms with E-state index in [1.54, 1.807) is 17.8 Å². The van der Waals surface area contributed by atoms with E-state index in [9.17, 15) is 14.4 Å². The Labute approximate surface area is 184 Å². The second-order valence-electron chi connectivity index (χ2n) is 7.08. The molecule has 10 nitrogen and oxygen atoms in total. The van der Waals surface area contributed by atoms with Crippen molar-refractivity contribution in [3.8, 4) is 0 Å². The topological polar surface area (TPSA) is 124 Å². The highest BCUT2D eigenvalue weighted by atomic mass is 16.5. The Kier molecular flexibility index (Phi) is 7.06. The fourth-order valence-electron chi connectivity index (χ4n) is 3.29. The molecule has 0 atom stereocenters. The number of fused-ring (bicyclic) bond motifs is 1. The first kappa shape index (κ1) is 22.8. The number of hydrogen-bond acceptors (Lipinski definition) is 7. The van der Waals surface area contributed by atoms with Crippen molar-refractivity contribution in [2.75, 3.05) is 36.8 Å². The molecule has 10 heteroatoms. The van der Waals surface area contributed by atoms with Gasteiger partial charge in [0.1, 0.15) is 12.3 Å². The Morgan fingerprint density at radius 3 is 2.41 bits per heavy atom. The summed E-state index contributed by atoms with van der Waals surface area (Å²) in [5.41, 5.74) is 3.44. The fraction of sp³-hybridized carbons (Fsp3) is 0.273. The molecule has 168 valence electrons. The van der Waals surface area contributed by atoms with Gasteiger partial charge in [-0.2, -0.15) is 0 Å². The van der Waals surface area contributed by atoms with Crippen LogP contribution in [0.3, 0.4) is 0 Å². The molecule has 3 rings (SSSR count). The van der Waals surface area contributed by atoms with Crippen LogP contribution in [0.25, 0.3) is 11.0 Å². The van der Waals surface area contributed by atoms with Crippen LogP contribution in [0.4, 0.5) is 17.1 Å². The maximum Gasteiger partial charge on any atom is 0.356 e. The number of carbonyl (C=O) groups is 3. The number of anilines is 3. The average Bonchev–Trinajstić information content (AvgIpc) is 3.03. The number of esters is 1. The molecule has 0 unspecified atom stereocenters. The van der Waals surface area contributed by atoms with Gasteiger partial charge in [-0.1, -0.05) is 12.1 Å². The van der Waals surface area contributed by atoms with E-state index in [2.05, 4.69) is 20.9 Å². The van der Waals surface area contributed by atoms with Crippen LogP contribution in [0.2, 0.25) is 0 Å². The van der Waals surface area contributed by atoms with Crippen LogP contribution in [0.15, 0.2) is 36.5 Å². The Morgan fingerprint density at radius 1 is 1.06 bits per heavy atom. The molecule has 0 fully saturated rings. The van der Waals surface area contributed by atoms with Crippen molar-refractivity contribution in [2.24, 2.45) is 7.05 Å². The number of benzene rings is 1. The van der Waals surface area contributed by atoms with Crippen molar-refractivity contribution in [3.63, 3.8) is 0 Å². The lowest BCUT2D eigenvalue weighted by Gasteiger charge is -2.09. The number of hydrogen-bond donors (Lipinski definition) is 3. The van der Waals surface area contributed by atoms with Gasteiger partial charge in [0.15, 0.2) is 5.69 Å². The highest BCUT2D eigenvalue weighted by Gasteiger charge is 2.24. The van der Waals surface area contributed by atoms with Crippen LogP contribution in [-0.4, -0.2) is 48.2 Å². The van der Waals surface area contributed by atoms with Gasteiger partial charge in [0, 0.05) is 38.7 Å². The van der Waals surface area contributed by atoms with Gasteiger partial charge in [0.2, 0.25) is 11.8 Å². The smallest absolute Gasteiger partial charge is 0.356 e. The molecule has 3 N–H and O–H groups in total. The van der Waals surface area contributed by atoms with Crippen molar-refractivity contribution in [2.45, 2.75) is 13.5 Å². The maximum absolute atomic E-state index is 12.4. The van der Waals surface area contributed by atoms with Gasteiger partial charge >= 0.3 is 5.97 Å². The second-order valence-corrected chi connectivity index (χ2v) is 7.08. The zero-order valence-electron chi connectivity index (χ0n) is 18.3. The number of methoxy groups -OCH3 is 2. The van der Waals surface area contributed by atoms with Gasteiger partial charge in [-0.05, 0) is 23.8 Å². The molecule has 32 heavy (non-hydrogen) atoms. The number of ether oxygens (including phenoxy) is 2. The standard InChI is InChI=1S/C22H25N5O5/c1-13(28)25-15-7-5-14(6-8-15)10-23-16-9-17-19(26-18(29)12-31-3)20(22(30)32-4)27(2)21(17)24-11-16/h5-9,11,23H,10,12H2,1-4H3,(H,25,28)(H,26,29). The minimum Gasteiger partial charge on any atom is -0.464 e. The zero-order chi connectivity index (χ0) is 23.3. The Hall–Kier alpha value is -3.92. The van der Waals surface area contributed by atoms with Crippen molar-refractivity contribution < 1.29 is 23.9 Å². The molecule has 2 heterocycles. The summed E-state index contributed by atoms with van der Waals surface area (Å²) < 4.78 is 11.3. The van der Waals surface area contributed by atoms with Gasteiger partial charge in [-0.25, -0.2) is 9.78 Å². The normalized spacial score (nSPS) is 10.6. The molecule has 0 aliphatic heterocycles. The summed E-state index contributed by atoms with van der Waals surface area (Å²) in [6, 6.07) is 9.26. The monoisotopic (exact) mass is 439 g/mol. The number of nitrogens with zero attached hydrogens (tertiary/aromatic N) is 2. The van der Waals surface area contributed by atoms with Crippen LogP contribution in [0, 0.1) is 0 Å². The molecule has 0 saturated carbocycles. The average molecular weight is 439 g/mol. The van der Waals surface area contributed by atoms with Crippen LogP contribution in [0.1, 0.15) is 23.0 Å². The molecule has 0 aliphatic rings. The predicted octanol–water partition coefficient (Wildman–Crippen LogP) is 2.52. The van der Waals surface area contributed by atoms with Crippen molar-refractivity contribution in [3.05, 3.63) is 47.8 Å². The largest absolute Gasteiger partial charge is 0.464 e. The quantitative estimate of drug-likeness (QED) is 0.461. The van der Waals surface area contributed by atoms with Gasteiger partial charge in [-0.15, -0.1) is 0 Å². The number of pyridine rings is 1.